The highest BCUT2D eigenvalue weighted by Crippen LogP contribution is 2.38. The molecule has 152 valence electrons. The molecule has 1 aliphatic heterocycles. The molecule has 6 nitrogen and oxygen atoms in total. The van der Waals surface area contributed by atoms with Crippen LogP contribution in [0.3, 0.4) is 0 Å². The fourth-order valence-electron chi connectivity index (χ4n) is 3.16. The fraction of sp³-hybridized carbons (Fsp3) is 0.650. The molecule has 0 saturated heterocycles. The van der Waals surface area contributed by atoms with Crippen LogP contribution in [0.4, 0.5) is 0 Å². The number of halogens is 1. The second-order valence-electron chi connectivity index (χ2n) is 7.19. The van der Waals surface area contributed by atoms with Gasteiger partial charge in [0.1, 0.15) is 13.2 Å². The molecule has 1 aliphatic rings. The molecule has 0 bridgehead atoms. The van der Waals surface area contributed by atoms with Gasteiger partial charge in [0.05, 0.1) is 11.6 Å². The van der Waals surface area contributed by atoms with Crippen LogP contribution in [-0.4, -0.2) is 44.0 Å². The summed E-state index contributed by atoms with van der Waals surface area (Å²) in [7, 11) is 0. The summed E-state index contributed by atoms with van der Waals surface area (Å²) in [6.45, 7) is 9.76. The summed E-state index contributed by atoms with van der Waals surface area (Å²) >= 11 is 6.30. The zero-order valence-corrected chi connectivity index (χ0v) is 17.3. The van der Waals surface area contributed by atoms with Crippen molar-refractivity contribution in [3.05, 3.63) is 22.7 Å². The average molecular weight is 398 g/mol. The molecule has 7 heteroatoms. The molecule has 0 spiro atoms. The Bertz CT molecular complexity index is 623. The van der Waals surface area contributed by atoms with Crippen LogP contribution in [0, 0.1) is 11.8 Å². The van der Waals surface area contributed by atoms with E-state index in [0.717, 1.165) is 37.5 Å². The molecule has 0 radical (unpaired) electrons. The Kier molecular flexibility index (Phi) is 9.01. The summed E-state index contributed by atoms with van der Waals surface area (Å²) in [5.41, 5.74) is 0.968. The molecule has 0 saturated carbocycles. The molecule has 1 heterocycles. The number of ether oxygens (including phenoxy) is 2. The van der Waals surface area contributed by atoms with Crippen LogP contribution in [0.25, 0.3) is 0 Å². The van der Waals surface area contributed by atoms with Gasteiger partial charge in [0.2, 0.25) is 0 Å². The second-order valence-corrected chi connectivity index (χ2v) is 7.59. The zero-order valence-electron chi connectivity index (χ0n) is 16.6. The van der Waals surface area contributed by atoms with Crippen molar-refractivity contribution in [2.24, 2.45) is 16.8 Å². The number of aliphatic hydroxyl groups excluding tert-OH is 1. The van der Waals surface area contributed by atoms with Crippen LogP contribution in [0.2, 0.25) is 5.02 Å². The van der Waals surface area contributed by atoms with E-state index in [2.05, 4.69) is 29.5 Å². The Hall–Kier alpha value is -1.66. The van der Waals surface area contributed by atoms with E-state index in [1.54, 1.807) is 0 Å². The van der Waals surface area contributed by atoms with Crippen molar-refractivity contribution in [3.63, 3.8) is 0 Å². The van der Waals surface area contributed by atoms with E-state index < -0.39 is 0 Å². The Balaban J connectivity index is 2.01. The minimum atomic E-state index is 0.211. The van der Waals surface area contributed by atoms with Gasteiger partial charge in [-0.1, -0.05) is 25.4 Å². The fourth-order valence-corrected chi connectivity index (χ4v) is 3.45. The molecular formula is C20H32ClN3O3. The van der Waals surface area contributed by atoms with Crippen LogP contribution in [0.1, 0.15) is 39.2 Å². The summed E-state index contributed by atoms with van der Waals surface area (Å²) in [4.78, 5) is 4.66. The number of hydrogen-bond acceptors (Lipinski definition) is 4. The first kappa shape index (κ1) is 21.6. The van der Waals surface area contributed by atoms with Crippen molar-refractivity contribution in [2.75, 3.05) is 32.9 Å². The molecular weight excluding hydrogens is 366 g/mol. The summed E-state index contributed by atoms with van der Waals surface area (Å²) in [5.74, 6) is 3.07. The zero-order chi connectivity index (χ0) is 19.6. The number of nitrogens with one attached hydrogen (secondary N) is 2. The number of aliphatic hydroxyl groups is 1. The highest BCUT2D eigenvalue weighted by Gasteiger charge is 2.16. The lowest BCUT2D eigenvalue weighted by molar-refractivity contribution is 0.171. The lowest BCUT2D eigenvalue weighted by Gasteiger charge is -2.21. The number of guanidine groups is 1. The maximum absolute atomic E-state index is 9.28. The number of nitrogens with zero attached hydrogens (tertiary/aromatic N) is 1. The minimum absolute atomic E-state index is 0.211. The van der Waals surface area contributed by atoms with Gasteiger partial charge in [-0.15, -0.1) is 0 Å². The highest BCUT2D eigenvalue weighted by molar-refractivity contribution is 6.32. The first-order valence-electron chi connectivity index (χ1n) is 9.74. The third kappa shape index (κ3) is 7.11. The SMILES string of the molecule is CCNC(=NCc1cc(Cl)c2c(c1)OCCO2)NCC(CCO)CC(C)C. The Morgan fingerprint density at radius 2 is 2.04 bits per heavy atom. The van der Waals surface area contributed by atoms with Gasteiger partial charge in [-0.2, -0.15) is 0 Å². The number of fused-ring (bicyclic) bond motifs is 1. The molecule has 2 rings (SSSR count). The maximum atomic E-state index is 9.28. The average Bonchev–Trinajstić information content (AvgIpc) is 2.63. The maximum Gasteiger partial charge on any atom is 0.191 e. The van der Waals surface area contributed by atoms with Gasteiger partial charge in [-0.05, 0) is 49.3 Å². The van der Waals surface area contributed by atoms with Gasteiger partial charge in [0, 0.05) is 19.7 Å². The predicted molar refractivity (Wildman–Crippen MR) is 110 cm³/mol. The molecule has 3 N–H and O–H groups in total. The van der Waals surface area contributed by atoms with Crippen molar-refractivity contribution < 1.29 is 14.6 Å². The minimum Gasteiger partial charge on any atom is -0.486 e. The highest BCUT2D eigenvalue weighted by atomic mass is 35.5. The molecule has 27 heavy (non-hydrogen) atoms. The van der Waals surface area contributed by atoms with Crippen molar-refractivity contribution in [3.8, 4) is 11.5 Å². The predicted octanol–water partition coefficient (Wildman–Crippen LogP) is 3.21. The Morgan fingerprint density at radius 1 is 1.26 bits per heavy atom. The van der Waals surface area contributed by atoms with Crippen LogP contribution < -0.4 is 20.1 Å². The number of benzene rings is 1. The van der Waals surface area contributed by atoms with Gasteiger partial charge >= 0.3 is 0 Å². The Labute approximate surface area is 167 Å². The summed E-state index contributed by atoms with van der Waals surface area (Å²) in [5, 5.41) is 16.5. The first-order valence-corrected chi connectivity index (χ1v) is 10.1. The monoisotopic (exact) mass is 397 g/mol. The topological polar surface area (TPSA) is 75.1 Å². The summed E-state index contributed by atoms with van der Waals surface area (Å²) in [6, 6.07) is 3.80. The molecule has 1 atom stereocenters. The van der Waals surface area contributed by atoms with Crippen molar-refractivity contribution in [1.82, 2.24) is 10.6 Å². The van der Waals surface area contributed by atoms with Crippen molar-refractivity contribution in [1.29, 1.82) is 0 Å². The van der Waals surface area contributed by atoms with Gasteiger partial charge in [-0.25, -0.2) is 4.99 Å². The molecule has 0 fully saturated rings. The van der Waals surface area contributed by atoms with E-state index >= 15 is 0 Å². The molecule has 0 aliphatic carbocycles. The van der Waals surface area contributed by atoms with Gasteiger partial charge in [-0.3, -0.25) is 0 Å². The molecule has 1 aromatic carbocycles. The number of rotatable bonds is 9. The second kappa shape index (κ2) is 11.2. The van der Waals surface area contributed by atoms with E-state index in [-0.39, 0.29) is 6.61 Å². The van der Waals surface area contributed by atoms with Crippen LogP contribution in [-0.2, 0) is 6.54 Å². The Morgan fingerprint density at radius 3 is 2.74 bits per heavy atom. The van der Waals surface area contributed by atoms with E-state index in [1.165, 1.54) is 0 Å². The van der Waals surface area contributed by atoms with Crippen LogP contribution >= 0.6 is 11.6 Å². The molecule has 1 aromatic rings. The summed E-state index contributed by atoms with van der Waals surface area (Å²) < 4.78 is 11.2. The van der Waals surface area contributed by atoms with Crippen molar-refractivity contribution in [2.45, 2.75) is 40.2 Å². The van der Waals surface area contributed by atoms with E-state index in [0.29, 0.717) is 48.1 Å². The lowest BCUT2D eigenvalue weighted by Crippen LogP contribution is -2.40. The molecule has 1 unspecified atom stereocenters. The number of hydrogen-bond donors (Lipinski definition) is 3. The van der Waals surface area contributed by atoms with Gasteiger partial charge in [0.15, 0.2) is 17.5 Å². The van der Waals surface area contributed by atoms with Crippen LogP contribution in [0.15, 0.2) is 17.1 Å². The smallest absolute Gasteiger partial charge is 0.191 e. The normalized spacial score (nSPS) is 15.0. The lowest BCUT2D eigenvalue weighted by atomic mass is 9.94. The van der Waals surface area contributed by atoms with Gasteiger partial charge in [0.25, 0.3) is 0 Å². The van der Waals surface area contributed by atoms with Gasteiger partial charge < -0.3 is 25.2 Å². The number of aliphatic imine (C=N–C) groups is 1. The van der Waals surface area contributed by atoms with Crippen molar-refractivity contribution >= 4 is 17.6 Å². The molecule has 0 amide bonds. The van der Waals surface area contributed by atoms with E-state index in [4.69, 9.17) is 21.1 Å². The van der Waals surface area contributed by atoms with Crippen LogP contribution in [0.5, 0.6) is 11.5 Å². The third-order valence-corrected chi connectivity index (χ3v) is 4.60. The van der Waals surface area contributed by atoms with E-state index in [9.17, 15) is 5.11 Å². The quantitative estimate of drug-likeness (QED) is 0.440. The standard InChI is InChI=1S/C20H32ClN3O3/c1-4-22-20(23-12-15(5-6-25)9-14(2)3)24-13-16-10-17(21)19-18(11-16)26-7-8-27-19/h10-11,14-15,25H,4-9,12-13H2,1-3H3,(H2,22,23,24). The first-order chi connectivity index (χ1) is 13.0. The largest absolute Gasteiger partial charge is 0.486 e. The van der Waals surface area contributed by atoms with E-state index in [1.807, 2.05) is 19.1 Å². The summed E-state index contributed by atoms with van der Waals surface area (Å²) in [6.07, 6.45) is 1.87. The third-order valence-electron chi connectivity index (χ3n) is 4.32. The molecule has 0 aromatic heterocycles.